The smallest absolute Gasteiger partial charge is 0.311 e. The third-order valence-corrected chi connectivity index (χ3v) is 4.51. The number of carbonyl (C=O) groups is 2. The number of rotatable bonds is 5. The summed E-state index contributed by atoms with van der Waals surface area (Å²) in [5.74, 6) is -0.582. The van der Waals surface area contributed by atoms with Crippen LogP contribution in [0.25, 0.3) is 0 Å². The number of halogens is 1. The Hall–Kier alpha value is -2.89. The standard InChI is InChI=1S/C20H20FNO4/c1-13-3-4-16(21)9-15(13)12-26-18-7-5-17(6-8-18)22-11-14(10-19(22)23)20(24)25-2/h3-9,14H,10-12H2,1-2H3. The van der Waals surface area contributed by atoms with Crippen LogP contribution in [0.1, 0.15) is 17.5 Å². The lowest BCUT2D eigenvalue weighted by atomic mass is 10.1. The van der Waals surface area contributed by atoms with Gasteiger partial charge in [-0.25, -0.2) is 4.39 Å². The highest BCUT2D eigenvalue weighted by Crippen LogP contribution is 2.27. The van der Waals surface area contributed by atoms with Crippen molar-refractivity contribution in [3.8, 4) is 5.75 Å². The Morgan fingerprint density at radius 1 is 1.23 bits per heavy atom. The van der Waals surface area contributed by atoms with Gasteiger partial charge in [0, 0.05) is 18.7 Å². The molecule has 2 aromatic rings. The minimum absolute atomic E-state index is 0.107. The maximum Gasteiger partial charge on any atom is 0.311 e. The van der Waals surface area contributed by atoms with Crippen molar-refractivity contribution >= 4 is 17.6 Å². The molecule has 0 saturated carbocycles. The van der Waals surface area contributed by atoms with Crippen LogP contribution in [0.3, 0.4) is 0 Å². The molecule has 0 spiro atoms. The van der Waals surface area contributed by atoms with Crippen LogP contribution in [0.2, 0.25) is 0 Å². The molecule has 5 nitrogen and oxygen atoms in total. The molecule has 0 radical (unpaired) electrons. The molecule has 2 aromatic carbocycles. The molecule has 1 aliphatic rings. The van der Waals surface area contributed by atoms with Gasteiger partial charge >= 0.3 is 5.97 Å². The van der Waals surface area contributed by atoms with Crippen LogP contribution >= 0.6 is 0 Å². The van der Waals surface area contributed by atoms with E-state index >= 15 is 0 Å². The van der Waals surface area contributed by atoms with Gasteiger partial charge in [0.2, 0.25) is 5.91 Å². The Labute approximate surface area is 151 Å². The van der Waals surface area contributed by atoms with Crippen LogP contribution in [0.5, 0.6) is 5.75 Å². The zero-order valence-electron chi connectivity index (χ0n) is 14.7. The number of hydrogen-bond acceptors (Lipinski definition) is 4. The average Bonchev–Trinajstić information content (AvgIpc) is 3.04. The fourth-order valence-corrected chi connectivity index (χ4v) is 2.96. The molecule has 3 rings (SSSR count). The van der Waals surface area contributed by atoms with Crippen LogP contribution in [0.4, 0.5) is 10.1 Å². The molecule has 1 atom stereocenters. The zero-order chi connectivity index (χ0) is 18.7. The number of esters is 1. The molecule has 136 valence electrons. The Morgan fingerprint density at radius 2 is 1.96 bits per heavy atom. The molecule has 26 heavy (non-hydrogen) atoms. The SMILES string of the molecule is COC(=O)C1CC(=O)N(c2ccc(OCc3cc(F)ccc3C)cc2)C1. The van der Waals surface area contributed by atoms with Crippen LogP contribution in [0, 0.1) is 18.7 Å². The van der Waals surface area contributed by atoms with E-state index in [0.29, 0.717) is 18.0 Å². The first-order chi connectivity index (χ1) is 12.5. The van der Waals surface area contributed by atoms with Crippen LogP contribution in [0.15, 0.2) is 42.5 Å². The van der Waals surface area contributed by atoms with Gasteiger partial charge in [0.25, 0.3) is 0 Å². The van der Waals surface area contributed by atoms with Crippen molar-refractivity contribution in [1.29, 1.82) is 0 Å². The number of benzene rings is 2. The number of carbonyl (C=O) groups excluding carboxylic acids is 2. The molecule has 1 amide bonds. The predicted octanol–water partition coefficient (Wildman–Crippen LogP) is 3.24. The molecule has 1 unspecified atom stereocenters. The van der Waals surface area contributed by atoms with Gasteiger partial charge in [0.05, 0.1) is 13.0 Å². The monoisotopic (exact) mass is 357 g/mol. The van der Waals surface area contributed by atoms with Gasteiger partial charge < -0.3 is 14.4 Å². The van der Waals surface area contributed by atoms with E-state index in [1.807, 2.05) is 6.92 Å². The van der Waals surface area contributed by atoms with E-state index in [4.69, 9.17) is 9.47 Å². The van der Waals surface area contributed by atoms with E-state index in [-0.39, 0.29) is 30.7 Å². The molecule has 0 aromatic heterocycles. The van der Waals surface area contributed by atoms with Crippen LogP contribution in [-0.4, -0.2) is 25.5 Å². The van der Waals surface area contributed by atoms with Crippen molar-refractivity contribution in [2.75, 3.05) is 18.6 Å². The number of aryl methyl sites for hydroxylation is 1. The summed E-state index contributed by atoms with van der Waals surface area (Å²) in [6.07, 6.45) is 0.157. The van der Waals surface area contributed by atoms with Crippen molar-refractivity contribution in [2.45, 2.75) is 20.0 Å². The van der Waals surface area contributed by atoms with Crippen molar-refractivity contribution in [3.63, 3.8) is 0 Å². The van der Waals surface area contributed by atoms with E-state index < -0.39 is 5.92 Å². The summed E-state index contributed by atoms with van der Waals surface area (Å²) >= 11 is 0. The van der Waals surface area contributed by atoms with Crippen LogP contribution in [-0.2, 0) is 20.9 Å². The molecular formula is C20H20FNO4. The second-order valence-corrected chi connectivity index (χ2v) is 6.28. The van der Waals surface area contributed by atoms with Crippen LogP contribution < -0.4 is 9.64 Å². The topological polar surface area (TPSA) is 55.8 Å². The quantitative estimate of drug-likeness (QED) is 0.771. The molecule has 0 bridgehead atoms. The number of ether oxygens (including phenoxy) is 2. The molecular weight excluding hydrogens is 337 g/mol. The largest absolute Gasteiger partial charge is 0.489 e. The molecule has 0 N–H and O–H groups in total. The van der Waals surface area contributed by atoms with E-state index in [1.165, 1.54) is 19.2 Å². The van der Waals surface area contributed by atoms with Gasteiger partial charge in [-0.2, -0.15) is 0 Å². The fraction of sp³-hybridized carbons (Fsp3) is 0.300. The summed E-state index contributed by atoms with van der Waals surface area (Å²) in [5, 5.41) is 0. The van der Waals surface area contributed by atoms with Gasteiger partial charge in [0.1, 0.15) is 18.2 Å². The third kappa shape index (κ3) is 3.85. The number of hydrogen-bond donors (Lipinski definition) is 0. The maximum atomic E-state index is 13.3. The summed E-state index contributed by atoms with van der Waals surface area (Å²) in [6.45, 7) is 2.47. The van der Waals surface area contributed by atoms with Gasteiger partial charge in [-0.1, -0.05) is 6.07 Å². The van der Waals surface area contributed by atoms with Gasteiger partial charge in [-0.15, -0.1) is 0 Å². The van der Waals surface area contributed by atoms with E-state index in [0.717, 1.165) is 11.1 Å². The first-order valence-corrected chi connectivity index (χ1v) is 8.34. The second kappa shape index (κ2) is 7.56. The minimum atomic E-state index is -0.431. The highest BCUT2D eigenvalue weighted by atomic mass is 19.1. The molecule has 0 aliphatic carbocycles. The highest BCUT2D eigenvalue weighted by Gasteiger charge is 2.35. The first kappa shape index (κ1) is 17.9. The summed E-state index contributed by atoms with van der Waals surface area (Å²) in [7, 11) is 1.32. The second-order valence-electron chi connectivity index (χ2n) is 6.28. The van der Waals surface area contributed by atoms with Gasteiger partial charge in [-0.05, 0) is 54.4 Å². The van der Waals surface area contributed by atoms with Gasteiger partial charge in [-0.3, -0.25) is 9.59 Å². The number of anilines is 1. The lowest BCUT2D eigenvalue weighted by Gasteiger charge is -2.17. The lowest BCUT2D eigenvalue weighted by molar-refractivity contribution is -0.145. The summed E-state index contributed by atoms with van der Waals surface area (Å²) in [5.41, 5.74) is 2.44. The molecule has 6 heteroatoms. The number of nitrogens with zero attached hydrogens (tertiary/aromatic N) is 1. The van der Waals surface area contributed by atoms with Crippen molar-refractivity contribution in [3.05, 3.63) is 59.4 Å². The zero-order valence-corrected chi connectivity index (χ0v) is 14.7. The number of amides is 1. The Kier molecular flexibility index (Phi) is 5.21. The first-order valence-electron chi connectivity index (χ1n) is 8.34. The number of methoxy groups -OCH3 is 1. The maximum absolute atomic E-state index is 13.3. The third-order valence-electron chi connectivity index (χ3n) is 4.51. The summed E-state index contributed by atoms with van der Waals surface area (Å²) < 4.78 is 23.7. The fourth-order valence-electron chi connectivity index (χ4n) is 2.96. The predicted molar refractivity (Wildman–Crippen MR) is 94.4 cm³/mol. The highest BCUT2D eigenvalue weighted by molar-refractivity contribution is 5.99. The molecule has 1 fully saturated rings. The normalized spacial score (nSPS) is 16.7. The molecule has 1 aliphatic heterocycles. The summed E-state index contributed by atoms with van der Waals surface area (Å²) in [6, 6.07) is 11.6. The van der Waals surface area contributed by atoms with E-state index in [2.05, 4.69) is 0 Å². The van der Waals surface area contributed by atoms with E-state index in [1.54, 1.807) is 35.2 Å². The molecule has 1 heterocycles. The average molecular weight is 357 g/mol. The van der Waals surface area contributed by atoms with Crippen molar-refractivity contribution in [1.82, 2.24) is 0 Å². The van der Waals surface area contributed by atoms with E-state index in [9.17, 15) is 14.0 Å². The van der Waals surface area contributed by atoms with Crippen molar-refractivity contribution in [2.24, 2.45) is 5.92 Å². The Bertz CT molecular complexity index is 819. The molecule has 1 saturated heterocycles. The van der Waals surface area contributed by atoms with Crippen molar-refractivity contribution < 1.29 is 23.5 Å². The minimum Gasteiger partial charge on any atom is -0.489 e. The Morgan fingerprint density at radius 3 is 2.65 bits per heavy atom. The van der Waals surface area contributed by atoms with Gasteiger partial charge in [0.15, 0.2) is 0 Å². The lowest BCUT2D eigenvalue weighted by Crippen LogP contribution is -2.26. The summed E-state index contributed by atoms with van der Waals surface area (Å²) in [4.78, 5) is 25.3. The Balaban J connectivity index is 1.64.